The Kier molecular flexibility index (Phi) is 5.63. The highest BCUT2D eigenvalue weighted by Gasteiger charge is 2.32. The van der Waals surface area contributed by atoms with Gasteiger partial charge in [0.25, 0.3) is 0 Å². The van der Waals surface area contributed by atoms with E-state index >= 15 is 0 Å². The van der Waals surface area contributed by atoms with Gasteiger partial charge in [-0.05, 0) is 48.6 Å². The number of aryl methyl sites for hydroxylation is 1. The summed E-state index contributed by atoms with van der Waals surface area (Å²) in [5.41, 5.74) is 7.97. The average Bonchev–Trinajstić information content (AvgIpc) is 2.46. The van der Waals surface area contributed by atoms with Crippen LogP contribution in [0.1, 0.15) is 58.2 Å². The molecule has 3 nitrogen and oxygen atoms in total. The molecule has 2 rings (SSSR count). The van der Waals surface area contributed by atoms with Crippen LogP contribution >= 0.6 is 0 Å². The summed E-state index contributed by atoms with van der Waals surface area (Å²) < 4.78 is 6.32. The lowest BCUT2D eigenvalue weighted by Crippen LogP contribution is -2.36. The highest BCUT2D eigenvalue weighted by molar-refractivity contribution is 5.25. The number of nitrogens with two attached hydrogens (primary N) is 1. The van der Waals surface area contributed by atoms with Crippen LogP contribution in [0.25, 0.3) is 0 Å². The SMILES string of the molecule is CCc1cc(CN)cc(OC2CC(C)CCC2C(C)C)n1. The van der Waals surface area contributed by atoms with Crippen molar-refractivity contribution in [2.75, 3.05) is 0 Å². The largest absolute Gasteiger partial charge is 0.474 e. The van der Waals surface area contributed by atoms with Crippen LogP contribution in [0.2, 0.25) is 0 Å². The van der Waals surface area contributed by atoms with E-state index in [2.05, 4.69) is 38.7 Å². The number of nitrogens with zero attached hydrogens (tertiary/aromatic N) is 1. The molecule has 1 fully saturated rings. The third-order valence-electron chi connectivity index (χ3n) is 4.75. The van der Waals surface area contributed by atoms with Gasteiger partial charge in [0.2, 0.25) is 5.88 Å². The molecule has 0 radical (unpaired) electrons. The first-order valence-electron chi connectivity index (χ1n) is 8.40. The summed E-state index contributed by atoms with van der Waals surface area (Å²) in [6, 6.07) is 4.09. The van der Waals surface area contributed by atoms with Gasteiger partial charge in [0.15, 0.2) is 0 Å². The first kappa shape index (κ1) is 16.3. The van der Waals surface area contributed by atoms with Crippen LogP contribution in [0.5, 0.6) is 5.88 Å². The number of ether oxygens (including phenoxy) is 1. The molecule has 3 atom stereocenters. The number of rotatable bonds is 5. The smallest absolute Gasteiger partial charge is 0.214 e. The molecule has 1 heterocycles. The number of pyridine rings is 1. The van der Waals surface area contributed by atoms with E-state index in [1.807, 2.05) is 6.07 Å². The van der Waals surface area contributed by atoms with E-state index in [1.54, 1.807) is 0 Å². The summed E-state index contributed by atoms with van der Waals surface area (Å²) in [6.45, 7) is 9.59. The summed E-state index contributed by atoms with van der Waals surface area (Å²) in [5, 5.41) is 0. The molecule has 3 heteroatoms. The minimum absolute atomic E-state index is 0.291. The molecule has 2 N–H and O–H groups in total. The van der Waals surface area contributed by atoms with Gasteiger partial charge < -0.3 is 10.5 Å². The summed E-state index contributed by atoms with van der Waals surface area (Å²) in [6.07, 6.45) is 4.93. The van der Waals surface area contributed by atoms with Crippen molar-refractivity contribution in [3.63, 3.8) is 0 Å². The normalized spacial score (nSPS) is 26.1. The van der Waals surface area contributed by atoms with Gasteiger partial charge in [0.1, 0.15) is 6.10 Å². The molecule has 0 aromatic carbocycles. The Morgan fingerprint density at radius 1 is 1.33 bits per heavy atom. The van der Waals surface area contributed by atoms with Crippen LogP contribution < -0.4 is 10.5 Å². The highest BCUT2D eigenvalue weighted by Crippen LogP contribution is 2.35. The number of hydrogen-bond donors (Lipinski definition) is 1. The Hall–Kier alpha value is -1.09. The fourth-order valence-corrected chi connectivity index (χ4v) is 3.39. The zero-order chi connectivity index (χ0) is 15.4. The Morgan fingerprint density at radius 2 is 2.10 bits per heavy atom. The topological polar surface area (TPSA) is 48.1 Å². The van der Waals surface area contributed by atoms with E-state index in [-0.39, 0.29) is 0 Å². The summed E-state index contributed by atoms with van der Waals surface area (Å²) in [5.74, 6) is 2.80. The lowest BCUT2D eigenvalue weighted by Gasteiger charge is -2.37. The molecule has 1 aliphatic rings. The second-order valence-corrected chi connectivity index (χ2v) is 6.85. The van der Waals surface area contributed by atoms with E-state index < -0.39 is 0 Å². The molecule has 1 aromatic heterocycles. The second-order valence-electron chi connectivity index (χ2n) is 6.85. The molecule has 0 spiro atoms. The van der Waals surface area contributed by atoms with E-state index in [0.717, 1.165) is 35.9 Å². The molecule has 21 heavy (non-hydrogen) atoms. The molecule has 0 saturated heterocycles. The van der Waals surface area contributed by atoms with Gasteiger partial charge in [-0.2, -0.15) is 0 Å². The van der Waals surface area contributed by atoms with E-state index in [4.69, 9.17) is 10.5 Å². The lowest BCUT2D eigenvalue weighted by atomic mass is 9.75. The molecular formula is C18H30N2O. The number of hydrogen-bond acceptors (Lipinski definition) is 3. The molecule has 3 unspecified atom stereocenters. The van der Waals surface area contributed by atoms with Crippen molar-refractivity contribution < 1.29 is 4.74 Å². The van der Waals surface area contributed by atoms with Crippen molar-refractivity contribution in [1.82, 2.24) is 4.98 Å². The van der Waals surface area contributed by atoms with Crippen molar-refractivity contribution in [2.45, 2.75) is 66.0 Å². The third-order valence-corrected chi connectivity index (χ3v) is 4.75. The molecule has 0 bridgehead atoms. The first-order valence-corrected chi connectivity index (χ1v) is 8.40. The zero-order valence-electron chi connectivity index (χ0n) is 13.9. The fourth-order valence-electron chi connectivity index (χ4n) is 3.39. The quantitative estimate of drug-likeness (QED) is 0.893. The predicted octanol–water partition coefficient (Wildman–Crippen LogP) is 3.94. The maximum atomic E-state index is 6.32. The Morgan fingerprint density at radius 3 is 2.71 bits per heavy atom. The predicted molar refractivity (Wildman–Crippen MR) is 87.3 cm³/mol. The maximum Gasteiger partial charge on any atom is 0.214 e. The first-order chi connectivity index (χ1) is 10.0. The lowest BCUT2D eigenvalue weighted by molar-refractivity contribution is 0.0424. The summed E-state index contributed by atoms with van der Waals surface area (Å²) >= 11 is 0. The van der Waals surface area contributed by atoms with Crippen LogP contribution in [0.15, 0.2) is 12.1 Å². The van der Waals surface area contributed by atoms with Crippen molar-refractivity contribution in [3.8, 4) is 5.88 Å². The Balaban J connectivity index is 2.17. The molecule has 0 amide bonds. The Labute approximate surface area is 129 Å². The molecule has 1 aromatic rings. The van der Waals surface area contributed by atoms with Gasteiger partial charge in [0, 0.05) is 18.3 Å². The van der Waals surface area contributed by atoms with Crippen LogP contribution in [0.3, 0.4) is 0 Å². The van der Waals surface area contributed by atoms with Gasteiger partial charge in [0.05, 0.1) is 0 Å². The van der Waals surface area contributed by atoms with Gasteiger partial charge in [-0.15, -0.1) is 0 Å². The van der Waals surface area contributed by atoms with Gasteiger partial charge >= 0.3 is 0 Å². The van der Waals surface area contributed by atoms with Gasteiger partial charge in [-0.1, -0.05) is 34.1 Å². The molecule has 1 aliphatic carbocycles. The Bertz CT molecular complexity index is 436. The minimum Gasteiger partial charge on any atom is -0.474 e. The van der Waals surface area contributed by atoms with E-state index in [0.29, 0.717) is 24.5 Å². The van der Waals surface area contributed by atoms with Crippen LogP contribution in [0.4, 0.5) is 0 Å². The standard InChI is InChI=1S/C18H30N2O/c1-5-15-9-14(11-19)10-18(20-15)21-17-8-13(4)6-7-16(17)12(2)3/h9-10,12-13,16-17H,5-8,11,19H2,1-4H3. The van der Waals surface area contributed by atoms with Gasteiger partial charge in [-0.3, -0.25) is 0 Å². The van der Waals surface area contributed by atoms with E-state index in [9.17, 15) is 0 Å². The maximum absolute atomic E-state index is 6.32. The van der Waals surface area contributed by atoms with Crippen molar-refractivity contribution >= 4 is 0 Å². The molecule has 0 aliphatic heterocycles. The monoisotopic (exact) mass is 290 g/mol. The number of aromatic nitrogens is 1. The summed E-state index contributed by atoms with van der Waals surface area (Å²) in [4.78, 5) is 4.63. The third kappa shape index (κ3) is 4.19. The molecular weight excluding hydrogens is 260 g/mol. The van der Waals surface area contributed by atoms with Crippen LogP contribution in [-0.2, 0) is 13.0 Å². The second kappa shape index (κ2) is 7.26. The minimum atomic E-state index is 0.291. The van der Waals surface area contributed by atoms with Crippen molar-refractivity contribution in [1.29, 1.82) is 0 Å². The fraction of sp³-hybridized carbons (Fsp3) is 0.722. The molecule has 118 valence electrons. The van der Waals surface area contributed by atoms with Crippen molar-refractivity contribution in [2.24, 2.45) is 23.5 Å². The van der Waals surface area contributed by atoms with Crippen LogP contribution in [0, 0.1) is 17.8 Å². The highest BCUT2D eigenvalue weighted by atomic mass is 16.5. The van der Waals surface area contributed by atoms with Crippen molar-refractivity contribution in [3.05, 3.63) is 23.4 Å². The van der Waals surface area contributed by atoms with E-state index in [1.165, 1.54) is 12.8 Å². The zero-order valence-corrected chi connectivity index (χ0v) is 13.9. The van der Waals surface area contributed by atoms with Crippen LogP contribution in [-0.4, -0.2) is 11.1 Å². The van der Waals surface area contributed by atoms with Gasteiger partial charge in [-0.25, -0.2) is 4.98 Å². The molecule has 1 saturated carbocycles. The summed E-state index contributed by atoms with van der Waals surface area (Å²) in [7, 11) is 0. The average molecular weight is 290 g/mol.